The van der Waals surface area contributed by atoms with Crippen LogP contribution >= 0.6 is 12.2 Å². The van der Waals surface area contributed by atoms with E-state index < -0.39 is 17.7 Å². The molecule has 1 amide bonds. The van der Waals surface area contributed by atoms with Gasteiger partial charge >= 0.3 is 0 Å². The molecule has 0 fully saturated rings. The third-order valence-corrected chi connectivity index (χ3v) is 4.73. The number of aromatic nitrogens is 3. The summed E-state index contributed by atoms with van der Waals surface area (Å²) < 4.78 is 28.6. The van der Waals surface area contributed by atoms with Gasteiger partial charge in [0, 0.05) is 18.5 Å². The van der Waals surface area contributed by atoms with Crippen LogP contribution < -0.4 is 5.32 Å². The summed E-state index contributed by atoms with van der Waals surface area (Å²) in [6, 6.07) is 11.0. The molecule has 0 saturated heterocycles. The molecule has 1 atom stereocenters. The maximum Gasteiger partial charge on any atom is 0.222 e. The standard InChI is InChI=1S/C20H20F2N4OS/c1-12-4-3-5-15(10-12)19-24-25-20(28)26(19)9-8-18(27)23-13(2)14-6-7-16(21)17(22)11-14/h3-7,10-11,13H,8-9H2,1-2H3,(H,23,27)(H,25,28)/t13-/m0/s1. The van der Waals surface area contributed by atoms with Crippen LogP contribution in [0.1, 0.15) is 30.5 Å². The molecule has 1 heterocycles. The molecular formula is C20H20F2N4OS. The highest BCUT2D eigenvalue weighted by Gasteiger charge is 2.14. The number of halogens is 2. The first-order valence-corrected chi connectivity index (χ1v) is 9.22. The Morgan fingerprint density at radius 3 is 2.75 bits per heavy atom. The first-order valence-electron chi connectivity index (χ1n) is 8.81. The molecule has 3 aromatic rings. The van der Waals surface area contributed by atoms with E-state index in [1.807, 2.05) is 31.2 Å². The predicted molar refractivity (Wildman–Crippen MR) is 105 cm³/mol. The van der Waals surface area contributed by atoms with Crippen LogP contribution in [-0.2, 0) is 11.3 Å². The van der Waals surface area contributed by atoms with Gasteiger partial charge in [-0.1, -0.05) is 29.8 Å². The molecule has 3 rings (SSSR count). The van der Waals surface area contributed by atoms with Crippen molar-refractivity contribution in [2.75, 3.05) is 0 Å². The molecule has 0 aliphatic rings. The van der Waals surface area contributed by atoms with Crippen LogP contribution in [0.4, 0.5) is 8.78 Å². The summed E-state index contributed by atoms with van der Waals surface area (Å²) in [4.78, 5) is 12.3. The first-order chi connectivity index (χ1) is 13.3. The van der Waals surface area contributed by atoms with Gasteiger partial charge in [-0.3, -0.25) is 14.5 Å². The molecule has 0 aliphatic carbocycles. The molecule has 146 valence electrons. The predicted octanol–water partition coefficient (Wildman–Crippen LogP) is 4.46. The van der Waals surface area contributed by atoms with Gasteiger partial charge in [0.1, 0.15) is 0 Å². The van der Waals surface area contributed by atoms with Gasteiger partial charge in [-0.05, 0) is 49.8 Å². The number of H-pyrrole nitrogens is 1. The van der Waals surface area contributed by atoms with Gasteiger partial charge in [0.05, 0.1) is 6.04 Å². The van der Waals surface area contributed by atoms with Crippen molar-refractivity contribution in [3.63, 3.8) is 0 Å². The van der Waals surface area contributed by atoms with Crippen molar-refractivity contribution in [3.05, 3.63) is 70.0 Å². The van der Waals surface area contributed by atoms with Crippen molar-refractivity contribution in [2.45, 2.75) is 32.9 Å². The Morgan fingerprint density at radius 1 is 1.25 bits per heavy atom. The molecule has 5 nitrogen and oxygen atoms in total. The number of rotatable bonds is 6. The first kappa shape index (κ1) is 19.9. The Hall–Kier alpha value is -2.87. The van der Waals surface area contributed by atoms with Crippen LogP contribution in [0.2, 0.25) is 0 Å². The smallest absolute Gasteiger partial charge is 0.222 e. The van der Waals surface area contributed by atoms with E-state index in [1.165, 1.54) is 6.07 Å². The highest BCUT2D eigenvalue weighted by Crippen LogP contribution is 2.19. The van der Waals surface area contributed by atoms with Crippen molar-refractivity contribution in [2.24, 2.45) is 0 Å². The second-order valence-electron chi connectivity index (χ2n) is 6.59. The summed E-state index contributed by atoms with van der Waals surface area (Å²) in [5, 5.41) is 9.82. The lowest BCUT2D eigenvalue weighted by molar-refractivity contribution is -0.121. The van der Waals surface area contributed by atoms with Crippen molar-refractivity contribution in [1.29, 1.82) is 0 Å². The number of amides is 1. The van der Waals surface area contributed by atoms with Crippen LogP contribution in [0.5, 0.6) is 0 Å². The zero-order valence-electron chi connectivity index (χ0n) is 15.5. The zero-order valence-corrected chi connectivity index (χ0v) is 16.3. The maximum atomic E-state index is 13.4. The van der Waals surface area contributed by atoms with Gasteiger partial charge in [-0.15, -0.1) is 0 Å². The SMILES string of the molecule is Cc1cccc(-c2n[nH]c(=S)n2CCC(=O)N[C@@H](C)c2ccc(F)c(F)c2)c1. The molecule has 0 aliphatic heterocycles. The molecule has 1 aromatic heterocycles. The fourth-order valence-corrected chi connectivity index (χ4v) is 3.15. The minimum atomic E-state index is -0.939. The number of carbonyl (C=O) groups excluding carboxylic acids is 1. The lowest BCUT2D eigenvalue weighted by atomic mass is 10.1. The third kappa shape index (κ3) is 4.51. The van der Waals surface area contributed by atoms with Gasteiger partial charge in [-0.2, -0.15) is 5.10 Å². The molecule has 2 N–H and O–H groups in total. The van der Waals surface area contributed by atoms with Gasteiger partial charge in [0.2, 0.25) is 5.91 Å². The lowest BCUT2D eigenvalue weighted by Crippen LogP contribution is -2.27. The normalized spacial score (nSPS) is 12.0. The molecular weight excluding hydrogens is 382 g/mol. The number of hydrogen-bond donors (Lipinski definition) is 2. The molecule has 0 spiro atoms. The minimum absolute atomic E-state index is 0.167. The Labute approximate surface area is 166 Å². The largest absolute Gasteiger partial charge is 0.350 e. The molecule has 0 bridgehead atoms. The second kappa shape index (κ2) is 8.43. The molecule has 0 saturated carbocycles. The number of aryl methyl sites for hydroxylation is 1. The van der Waals surface area contributed by atoms with Crippen molar-refractivity contribution in [1.82, 2.24) is 20.1 Å². The van der Waals surface area contributed by atoms with E-state index in [0.29, 0.717) is 22.7 Å². The highest BCUT2D eigenvalue weighted by atomic mass is 32.1. The van der Waals surface area contributed by atoms with Gasteiger partial charge in [0.25, 0.3) is 0 Å². The van der Waals surface area contributed by atoms with Crippen LogP contribution in [0.3, 0.4) is 0 Å². The van der Waals surface area contributed by atoms with Crippen LogP contribution in [0.25, 0.3) is 11.4 Å². The van der Waals surface area contributed by atoms with Crippen molar-refractivity contribution < 1.29 is 13.6 Å². The number of benzene rings is 2. The summed E-state index contributed by atoms with van der Waals surface area (Å²) in [7, 11) is 0. The summed E-state index contributed by atoms with van der Waals surface area (Å²) in [5.41, 5.74) is 2.49. The van der Waals surface area contributed by atoms with E-state index in [4.69, 9.17) is 12.2 Å². The molecule has 0 unspecified atom stereocenters. The minimum Gasteiger partial charge on any atom is -0.350 e. The average molecular weight is 402 g/mol. The van der Waals surface area contributed by atoms with E-state index in [0.717, 1.165) is 23.3 Å². The third-order valence-electron chi connectivity index (χ3n) is 4.42. The summed E-state index contributed by atoms with van der Waals surface area (Å²) in [6.07, 6.45) is 0.167. The van der Waals surface area contributed by atoms with Crippen LogP contribution in [0.15, 0.2) is 42.5 Å². The summed E-state index contributed by atoms with van der Waals surface area (Å²) in [5.74, 6) is -1.42. The summed E-state index contributed by atoms with van der Waals surface area (Å²) >= 11 is 5.28. The van der Waals surface area contributed by atoms with Gasteiger partial charge < -0.3 is 5.32 Å². The Morgan fingerprint density at radius 2 is 2.04 bits per heavy atom. The van der Waals surface area contributed by atoms with Crippen LogP contribution in [-0.4, -0.2) is 20.7 Å². The lowest BCUT2D eigenvalue weighted by Gasteiger charge is -2.15. The van der Waals surface area contributed by atoms with Gasteiger partial charge in [-0.25, -0.2) is 8.78 Å². The van der Waals surface area contributed by atoms with E-state index in [9.17, 15) is 13.6 Å². The Bertz CT molecular complexity index is 1060. The number of nitrogens with one attached hydrogen (secondary N) is 2. The number of carbonyl (C=O) groups is 1. The fraction of sp³-hybridized carbons (Fsp3) is 0.250. The van der Waals surface area contributed by atoms with E-state index in [1.54, 1.807) is 11.5 Å². The van der Waals surface area contributed by atoms with E-state index >= 15 is 0 Å². The fourth-order valence-electron chi connectivity index (χ4n) is 2.92. The van der Waals surface area contributed by atoms with Crippen molar-refractivity contribution in [3.8, 4) is 11.4 Å². The quantitative estimate of drug-likeness (QED) is 0.599. The van der Waals surface area contributed by atoms with E-state index in [2.05, 4.69) is 15.5 Å². The molecule has 8 heteroatoms. The van der Waals surface area contributed by atoms with Crippen molar-refractivity contribution >= 4 is 18.1 Å². The van der Waals surface area contributed by atoms with E-state index in [-0.39, 0.29) is 12.3 Å². The topological polar surface area (TPSA) is 62.7 Å². The van der Waals surface area contributed by atoms with Gasteiger partial charge in [0.15, 0.2) is 22.2 Å². The summed E-state index contributed by atoms with van der Waals surface area (Å²) in [6.45, 7) is 4.05. The zero-order chi connectivity index (χ0) is 20.3. The molecule has 0 radical (unpaired) electrons. The number of aromatic amines is 1. The molecule has 2 aromatic carbocycles. The average Bonchev–Trinajstić information content (AvgIpc) is 3.02. The maximum absolute atomic E-state index is 13.4. The Kier molecular flexibility index (Phi) is 5.99. The number of nitrogens with zero attached hydrogens (tertiary/aromatic N) is 2. The Balaban J connectivity index is 1.67. The second-order valence-corrected chi connectivity index (χ2v) is 6.97. The number of hydrogen-bond acceptors (Lipinski definition) is 3. The molecule has 28 heavy (non-hydrogen) atoms. The monoisotopic (exact) mass is 402 g/mol. The highest BCUT2D eigenvalue weighted by molar-refractivity contribution is 7.71. The van der Waals surface area contributed by atoms with Crippen LogP contribution in [0, 0.1) is 23.3 Å².